The minimum atomic E-state index is -0.740. The fourth-order valence-corrected chi connectivity index (χ4v) is 2.59. The van der Waals surface area contributed by atoms with Crippen LogP contribution in [0.15, 0.2) is 30.3 Å². The molecular weight excluding hydrogens is 256 g/mol. The van der Waals surface area contributed by atoms with E-state index in [1.807, 2.05) is 30.3 Å². The normalized spacial score (nSPS) is 23.9. The van der Waals surface area contributed by atoms with E-state index in [9.17, 15) is 9.59 Å². The Bertz CT molecular complexity index is 467. The fraction of sp³-hybridized carbons (Fsp3) is 0.467. The number of carbonyl (C=O) groups is 2. The van der Waals surface area contributed by atoms with E-state index in [0.717, 1.165) is 5.56 Å². The van der Waals surface area contributed by atoms with E-state index in [1.165, 1.54) is 0 Å². The Labute approximate surface area is 118 Å². The number of nitrogens with two attached hydrogens (primary N) is 1. The lowest BCUT2D eigenvalue weighted by atomic mass is 9.86. The van der Waals surface area contributed by atoms with Crippen molar-refractivity contribution in [1.29, 1.82) is 0 Å². The van der Waals surface area contributed by atoms with E-state index in [2.05, 4.69) is 5.32 Å². The summed E-state index contributed by atoms with van der Waals surface area (Å²) in [4.78, 5) is 22.9. The number of benzene rings is 1. The summed E-state index contributed by atoms with van der Waals surface area (Å²) in [7, 11) is 0. The van der Waals surface area contributed by atoms with Crippen LogP contribution in [0.5, 0.6) is 0 Å². The maximum Gasteiger partial charge on any atom is 0.306 e. The molecule has 0 bridgehead atoms. The van der Waals surface area contributed by atoms with Gasteiger partial charge in [0.25, 0.3) is 0 Å². The van der Waals surface area contributed by atoms with Crippen LogP contribution in [0.25, 0.3) is 0 Å². The summed E-state index contributed by atoms with van der Waals surface area (Å²) in [6.45, 7) is 0. The predicted molar refractivity (Wildman–Crippen MR) is 74.9 cm³/mol. The van der Waals surface area contributed by atoms with Crippen molar-refractivity contribution in [2.75, 3.05) is 0 Å². The van der Waals surface area contributed by atoms with Crippen molar-refractivity contribution in [3.8, 4) is 0 Å². The number of carbonyl (C=O) groups excluding carboxylic acids is 1. The van der Waals surface area contributed by atoms with Gasteiger partial charge in [0.05, 0.1) is 5.92 Å². The smallest absolute Gasteiger partial charge is 0.306 e. The number of hydrogen-bond donors (Lipinski definition) is 3. The molecule has 1 aliphatic carbocycles. The lowest BCUT2D eigenvalue weighted by Crippen LogP contribution is -2.43. The molecule has 1 aliphatic rings. The van der Waals surface area contributed by atoms with Gasteiger partial charge in [0.2, 0.25) is 5.91 Å². The number of aliphatic carboxylic acids is 1. The summed E-state index contributed by atoms with van der Waals surface area (Å²) < 4.78 is 0. The first kappa shape index (κ1) is 14.5. The van der Waals surface area contributed by atoms with Gasteiger partial charge in [0.1, 0.15) is 6.04 Å². The third kappa shape index (κ3) is 3.57. The summed E-state index contributed by atoms with van der Waals surface area (Å²) in [6, 6.07) is 8.58. The number of amides is 1. The van der Waals surface area contributed by atoms with Crippen molar-refractivity contribution in [2.24, 2.45) is 11.7 Å². The highest BCUT2D eigenvalue weighted by molar-refractivity contribution is 5.83. The molecule has 1 fully saturated rings. The molecule has 2 rings (SSSR count). The van der Waals surface area contributed by atoms with Crippen molar-refractivity contribution in [2.45, 2.75) is 37.8 Å². The average molecular weight is 276 g/mol. The van der Waals surface area contributed by atoms with E-state index in [0.29, 0.717) is 25.7 Å². The topological polar surface area (TPSA) is 92.4 Å². The Morgan fingerprint density at radius 1 is 1.15 bits per heavy atom. The zero-order chi connectivity index (χ0) is 14.5. The van der Waals surface area contributed by atoms with E-state index < -0.39 is 12.0 Å². The first-order valence-electron chi connectivity index (χ1n) is 6.91. The zero-order valence-electron chi connectivity index (χ0n) is 11.3. The van der Waals surface area contributed by atoms with Crippen LogP contribution in [-0.2, 0) is 9.59 Å². The highest BCUT2D eigenvalue weighted by Gasteiger charge is 2.27. The standard InChI is InChI=1S/C15H20N2O3/c16-13(10-4-2-1-3-5-10)14(18)17-12-8-6-11(7-9-12)15(19)20/h1-5,11-13H,6-9,16H2,(H,17,18)(H,19,20)/t11?,12?,13-/m0/s1. The van der Waals surface area contributed by atoms with Crippen LogP contribution in [0.3, 0.4) is 0 Å². The van der Waals surface area contributed by atoms with Crippen molar-refractivity contribution in [3.63, 3.8) is 0 Å². The van der Waals surface area contributed by atoms with Gasteiger partial charge in [-0.1, -0.05) is 30.3 Å². The molecule has 1 aromatic carbocycles. The molecule has 4 N–H and O–H groups in total. The Morgan fingerprint density at radius 2 is 1.75 bits per heavy atom. The van der Waals surface area contributed by atoms with Crippen LogP contribution in [0.2, 0.25) is 0 Å². The average Bonchev–Trinajstić information content (AvgIpc) is 2.48. The largest absolute Gasteiger partial charge is 0.481 e. The predicted octanol–water partition coefficient (Wildman–Crippen LogP) is 1.45. The second-order valence-electron chi connectivity index (χ2n) is 5.28. The van der Waals surface area contributed by atoms with Gasteiger partial charge in [-0.3, -0.25) is 9.59 Å². The van der Waals surface area contributed by atoms with Crippen LogP contribution in [-0.4, -0.2) is 23.0 Å². The first-order valence-corrected chi connectivity index (χ1v) is 6.91. The van der Waals surface area contributed by atoms with Gasteiger partial charge in [-0.2, -0.15) is 0 Å². The van der Waals surface area contributed by atoms with E-state index in [1.54, 1.807) is 0 Å². The Hall–Kier alpha value is -1.88. The fourth-order valence-electron chi connectivity index (χ4n) is 2.59. The van der Waals surface area contributed by atoms with Gasteiger partial charge in [-0.15, -0.1) is 0 Å². The summed E-state index contributed by atoms with van der Waals surface area (Å²) in [5.41, 5.74) is 6.71. The van der Waals surface area contributed by atoms with E-state index in [-0.39, 0.29) is 17.9 Å². The maximum atomic E-state index is 12.1. The molecule has 1 atom stereocenters. The quantitative estimate of drug-likeness (QED) is 0.776. The lowest BCUT2D eigenvalue weighted by Gasteiger charge is -2.27. The van der Waals surface area contributed by atoms with Crippen LogP contribution >= 0.6 is 0 Å². The second-order valence-corrected chi connectivity index (χ2v) is 5.28. The number of hydrogen-bond acceptors (Lipinski definition) is 3. The molecule has 0 aliphatic heterocycles. The summed E-state index contributed by atoms with van der Waals surface area (Å²) in [6.07, 6.45) is 2.62. The number of carboxylic acids is 1. The molecule has 108 valence electrons. The Morgan fingerprint density at radius 3 is 2.30 bits per heavy atom. The van der Waals surface area contributed by atoms with Crippen LogP contribution in [0.4, 0.5) is 0 Å². The number of nitrogens with one attached hydrogen (secondary N) is 1. The highest BCUT2D eigenvalue weighted by atomic mass is 16.4. The van der Waals surface area contributed by atoms with Gasteiger partial charge in [0.15, 0.2) is 0 Å². The van der Waals surface area contributed by atoms with Crippen molar-refractivity contribution in [1.82, 2.24) is 5.32 Å². The molecule has 0 unspecified atom stereocenters. The van der Waals surface area contributed by atoms with Crippen LogP contribution < -0.4 is 11.1 Å². The van der Waals surface area contributed by atoms with Crippen LogP contribution in [0.1, 0.15) is 37.3 Å². The summed E-state index contributed by atoms with van der Waals surface area (Å²) in [5.74, 6) is -1.21. The molecule has 20 heavy (non-hydrogen) atoms. The summed E-state index contributed by atoms with van der Waals surface area (Å²) in [5, 5.41) is 11.9. The minimum absolute atomic E-state index is 0.0351. The molecular formula is C15H20N2O3. The van der Waals surface area contributed by atoms with E-state index in [4.69, 9.17) is 10.8 Å². The molecule has 0 spiro atoms. The third-order valence-electron chi connectivity index (χ3n) is 3.86. The molecule has 1 saturated carbocycles. The van der Waals surface area contributed by atoms with Gasteiger partial charge >= 0.3 is 5.97 Å². The highest BCUT2D eigenvalue weighted by Crippen LogP contribution is 2.24. The van der Waals surface area contributed by atoms with E-state index >= 15 is 0 Å². The first-order chi connectivity index (χ1) is 9.58. The third-order valence-corrected chi connectivity index (χ3v) is 3.86. The number of carboxylic acid groups (broad SMARTS) is 1. The zero-order valence-corrected chi connectivity index (χ0v) is 11.3. The Balaban J connectivity index is 1.85. The van der Waals surface area contributed by atoms with Crippen molar-refractivity contribution >= 4 is 11.9 Å². The molecule has 1 amide bonds. The Kier molecular flexibility index (Phi) is 4.74. The molecule has 0 radical (unpaired) electrons. The molecule has 5 heteroatoms. The second kappa shape index (κ2) is 6.52. The lowest BCUT2D eigenvalue weighted by molar-refractivity contribution is -0.142. The van der Waals surface area contributed by atoms with Crippen molar-refractivity contribution in [3.05, 3.63) is 35.9 Å². The van der Waals surface area contributed by atoms with Gasteiger partial charge in [-0.05, 0) is 31.2 Å². The van der Waals surface area contributed by atoms with Gasteiger partial charge in [0, 0.05) is 6.04 Å². The monoisotopic (exact) mass is 276 g/mol. The molecule has 0 heterocycles. The summed E-state index contributed by atoms with van der Waals surface area (Å²) >= 11 is 0. The number of rotatable bonds is 4. The molecule has 0 saturated heterocycles. The van der Waals surface area contributed by atoms with Gasteiger partial charge in [-0.25, -0.2) is 0 Å². The molecule has 0 aromatic heterocycles. The maximum absolute atomic E-state index is 12.1. The molecule has 1 aromatic rings. The van der Waals surface area contributed by atoms with Gasteiger partial charge < -0.3 is 16.2 Å². The molecule has 5 nitrogen and oxygen atoms in total. The van der Waals surface area contributed by atoms with Crippen LogP contribution in [0, 0.1) is 5.92 Å². The SMILES string of the molecule is N[C@H](C(=O)NC1CCC(C(=O)O)CC1)c1ccccc1. The van der Waals surface area contributed by atoms with Crippen molar-refractivity contribution < 1.29 is 14.7 Å². The minimum Gasteiger partial charge on any atom is -0.481 e.